The van der Waals surface area contributed by atoms with Gasteiger partial charge in [-0.1, -0.05) is 41.5 Å². The number of aryl methyl sites for hydroxylation is 1. The Bertz CT molecular complexity index is 447. The van der Waals surface area contributed by atoms with Crippen LogP contribution in [0.15, 0.2) is 0 Å². The van der Waals surface area contributed by atoms with Crippen LogP contribution in [-0.4, -0.2) is 9.97 Å². The topological polar surface area (TPSA) is 25.8 Å². The molecule has 18 heavy (non-hydrogen) atoms. The molecule has 0 saturated carbocycles. The standard InChI is InChI=1S/C16H26N2/c1-15(2,3)13-11-9-7-8-10-12(11)17-14(18-13)16(4,5)6/h7-10H2,1-6H3. The molecule has 2 rings (SSSR count). The Morgan fingerprint density at radius 1 is 0.778 bits per heavy atom. The monoisotopic (exact) mass is 246 g/mol. The molecule has 0 bridgehead atoms. The number of fused-ring (bicyclic) bond motifs is 1. The van der Waals surface area contributed by atoms with Crippen LogP contribution in [0.1, 0.15) is 77.2 Å². The molecule has 0 radical (unpaired) electrons. The summed E-state index contributed by atoms with van der Waals surface area (Å²) < 4.78 is 0. The summed E-state index contributed by atoms with van der Waals surface area (Å²) in [6.07, 6.45) is 4.85. The maximum Gasteiger partial charge on any atom is 0.134 e. The van der Waals surface area contributed by atoms with Gasteiger partial charge in [-0.3, -0.25) is 0 Å². The van der Waals surface area contributed by atoms with Gasteiger partial charge in [0, 0.05) is 16.5 Å². The molecular formula is C16H26N2. The van der Waals surface area contributed by atoms with Gasteiger partial charge in [0.2, 0.25) is 0 Å². The highest BCUT2D eigenvalue weighted by molar-refractivity contribution is 5.33. The van der Waals surface area contributed by atoms with Gasteiger partial charge in [0.05, 0.1) is 5.69 Å². The third kappa shape index (κ3) is 2.57. The first-order chi connectivity index (χ1) is 8.19. The van der Waals surface area contributed by atoms with Crippen molar-refractivity contribution in [2.45, 2.75) is 78.1 Å². The molecule has 1 aliphatic carbocycles. The van der Waals surface area contributed by atoms with E-state index in [4.69, 9.17) is 9.97 Å². The van der Waals surface area contributed by atoms with Crippen molar-refractivity contribution in [1.82, 2.24) is 9.97 Å². The van der Waals surface area contributed by atoms with Gasteiger partial charge in [-0.05, 0) is 31.2 Å². The highest BCUT2D eigenvalue weighted by Crippen LogP contribution is 2.32. The third-order valence-corrected chi connectivity index (χ3v) is 3.56. The first-order valence-corrected chi connectivity index (χ1v) is 7.10. The van der Waals surface area contributed by atoms with Crippen molar-refractivity contribution in [2.24, 2.45) is 0 Å². The van der Waals surface area contributed by atoms with Crippen molar-refractivity contribution in [3.8, 4) is 0 Å². The SMILES string of the molecule is CC(C)(C)c1nc2c(c(C(C)(C)C)n1)CCCC2. The lowest BCUT2D eigenvalue weighted by Crippen LogP contribution is -2.26. The van der Waals surface area contributed by atoms with Gasteiger partial charge in [0.25, 0.3) is 0 Å². The van der Waals surface area contributed by atoms with Gasteiger partial charge < -0.3 is 0 Å². The Balaban J connectivity index is 2.63. The van der Waals surface area contributed by atoms with E-state index >= 15 is 0 Å². The summed E-state index contributed by atoms with van der Waals surface area (Å²) in [5.74, 6) is 1.01. The zero-order valence-electron chi connectivity index (χ0n) is 12.7. The molecule has 0 fully saturated rings. The lowest BCUT2D eigenvalue weighted by molar-refractivity contribution is 0.492. The van der Waals surface area contributed by atoms with E-state index in [1.165, 1.54) is 29.8 Å². The molecule has 0 aliphatic heterocycles. The van der Waals surface area contributed by atoms with Crippen molar-refractivity contribution >= 4 is 0 Å². The quantitative estimate of drug-likeness (QED) is 0.692. The lowest BCUT2D eigenvalue weighted by atomic mass is 9.82. The second-order valence-electron chi connectivity index (χ2n) is 7.53. The van der Waals surface area contributed by atoms with Crippen LogP contribution >= 0.6 is 0 Å². The van der Waals surface area contributed by atoms with Gasteiger partial charge >= 0.3 is 0 Å². The summed E-state index contributed by atoms with van der Waals surface area (Å²) in [7, 11) is 0. The third-order valence-electron chi connectivity index (χ3n) is 3.56. The molecule has 0 amide bonds. The fourth-order valence-corrected chi connectivity index (χ4v) is 2.55. The molecule has 1 aromatic heterocycles. The van der Waals surface area contributed by atoms with Gasteiger partial charge in [0.15, 0.2) is 0 Å². The second-order valence-corrected chi connectivity index (χ2v) is 7.53. The minimum Gasteiger partial charge on any atom is -0.237 e. The zero-order valence-corrected chi connectivity index (χ0v) is 12.7. The Morgan fingerprint density at radius 2 is 1.39 bits per heavy atom. The van der Waals surface area contributed by atoms with Crippen LogP contribution in [-0.2, 0) is 23.7 Å². The van der Waals surface area contributed by atoms with Crippen LogP contribution in [0.25, 0.3) is 0 Å². The maximum atomic E-state index is 4.92. The van der Waals surface area contributed by atoms with Crippen LogP contribution in [0.2, 0.25) is 0 Å². The van der Waals surface area contributed by atoms with Gasteiger partial charge in [0.1, 0.15) is 5.82 Å². The summed E-state index contributed by atoms with van der Waals surface area (Å²) in [4.78, 5) is 9.77. The van der Waals surface area contributed by atoms with E-state index in [9.17, 15) is 0 Å². The maximum absolute atomic E-state index is 4.92. The summed E-state index contributed by atoms with van der Waals surface area (Å²) in [6.45, 7) is 13.4. The molecule has 1 aromatic rings. The summed E-state index contributed by atoms with van der Waals surface area (Å²) in [6, 6.07) is 0. The summed E-state index contributed by atoms with van der Waals surface area (Å²) in [5, 5.41) is 0. The Hall–Kier alpha value is -0.920. The van der Waals surface area contributed by atoms with E-state index in [0.717, 1.165) is 18.7 Å². The molecule has 1 heterocycles. The number of nitrogens with zero attached hydrogens (tertiary/aromatic N) is 2. The van der Waals surface area contributed by atoms with E-state index in [-0.39, 0.29) is 10.8 Å². The molecule has 2 nitrogen and oxygen atoms in total. The molecular weight excluding hydrogens is 220 g/mol. The predicted octanol–water partition coefficient (Wildman–Crippen LogP) is 3.95. The summed E-state index contributed by atoms with van der Waals surface area (Å²) in [5.41, 5.74) is 4.17. The van der Waals surface area contributed by atoms with E-state index in [2.05, 4.69) is 41.5 Å². The van der Waals surface area contributed by atoms with Gasteiger partial charge in [-0.25, -0.2) is 9.97 Å². The number of rotatable bonds is 0. The zero-order chi connectivity index (χ0) is 13.6. The Morgan fingerprint density at radius 3 is 1.94 bits per heavy atom. The smallest absolute Gasteiger partial charge is 0.134 e. The summed E-state index contributed by atoms with van der Waals surface area (Å²) >= 11 is 0. The van der Waals surface area contributed by atoms with Crippen molar-refractivity contribution in [2.75, 3.05) is 0 Å². The molecule has 2 heteroatoms. The van der Waals surface area contributed by atoms with E-state index in [0.29, 0.717) is 0 Å². The minimum absolute atomic E-state index is 0.0342. The predicted molar refractivity (Wildman–Crippen MR) is 76.1 cm³/mol. The average molecular weight is 246 g/mol. The lowest BCUT2D eigenvalue weighted by Gasteiger charge is -2.29. The highest BCUT2D eigenvalue weighted by atomic mass is 14.9. The molecule has 100 valence electrons. The molecule has 0 spiro atoms. The van der Waals surface area contributed by atoms with Crippen LogP contribution in [0.4, 0.5) is 0 Å². The first kappa shape index (κ1) is 13.5. The Labute approximate surface area is 111 Å². The van der Waals surface area contributed by atoms with Crippen molar-refractivity contribution in [3.63, 3.8) is 0 Å². The van der Waals surface area contributed by atoms with Crippen molar-refractivity contribution in [3.05, 3.63) is 22.8 Å². The van der Waals surface area contributed by atoms with Crippen molar-refractivity contribution in [1.29, 1.82) is 0 Å². The highest BCUT2D eigenvalue weighted by Gasteiger charge is 2.28. The fraction of sp³-hybridized carbons (Fsp3) is 0.750. The normalized spacial score (nSPS) is 16.6. The molecule has 0 N–H and O–H groups in total. The molecule has 0 saturated heterocycles. The van der Waals surface area contributed by atoms with E-state index in [1.54, 1.807) is 0 Å². The van der Waals surface area contributed by atoms with Crippen LogP contribution in [0, 0.1) is 0 Å². The average Bonchev–Trinajstić information content (AvgIpc) is 2.25. The van der Waals surface area contributed by atoms with Crippen LogP contribution in [0.3, 0.4) is 0 Å². The number of hydrogen-bond donors (Lipinski definition) is 0. The Kier molecular flexibility index (Phi) is 3.25. The second kappa shape index (κ2) is 4.32. The fourth-order valence-electron chi connectivity index (χ4n) is 2.55. The van der Waals surface area contributed by atoms with Gasteiger partial charge in [-0.15, -0.1) is 0 Å². The van der Waals surface area contributed by atoms with Gasteiger partial charge in [-0.2, -0.15) is 0 Å². The molecule has 0 unspecified atom stereocenters. The molecule has 0 aromatic carbocycles. The van der Waals surface area contributed by atoms with Crippen molar-refractivity contribution < 1.29 is 0 Å². The van der Waals surface area contributed by atoms with E-state index in [1.807, 2.05) is 0 Å². The van der Waals surface area contributed by atoms with Crippen LogP contribution in [0.5, 0.6) is 0 Å². The number of aromatic nitrogens is 2. The van der Waals surface area contributed by atoms with E-state index < -0.39 is 0 Å². The first-order valence-electron chi connectivity index (χ1n) is 7.10. The molecule has 1 aliphatic rings. The minimum atomic E-state index is 0.0342. The number of hydrogen-bond acceptors (Lipinski definition) is 2. The molecule has 0 atom stereocenters. The largest absolute Gasteiger partial charge is 0.237 e. The van der Waals surface area contributed by atoms with Crippen LogP contribution < -0.4 is 0 Å².